The molecule has 0 radical (unpaired) electrons. The number of phenols is 3. The zero-order valence-electron chi connectivity index (χ0n) is 39.7. The molecule has 14 nitrogen and oxygen atoms in total. The van der Waals surface area contributed by atoms with Gasteiger partial charge in [0.1, 0.15) is 23.4 Å². The molecule has 64 heavy (non-hydrogen) atoms. The van der Waals surface area contributed by atoms with E-state index >= 15 is 0 Å². The monoisotopic (exact) mass is 902 g/mol. The third-order valence-electron chi connectivity index (χ3n) is 10.1. The van der Waals surface area contributed by atoms with Gasteiger partial charge in [-0.25, -0.2) is 0 Å². The second kappa shape index (κ2) is 34.0. The summed E-state index contributed by atoms with van der Waals surface area (Å²) in [5, 5.41) is 61.5. The number of rotatable bonds is 29. The second-order valence-corrected chi connectivity index (χ2v) is 17.6. The van der Waals surface area contributed by atoms with Crippen molar-refractivity contribution in [3.63, 3.8) is 0 Å². The lowest BCUT2D eigenvalue weighted by atomic mass is 9.96. The Morgan fingerprint density at radius 1 is 0.531 bits per heavy atom. The number of aromatic hydroxyl groups is 3. The lowest BCUT2D eigenvalue weighted by molar-refractivity contribution is -0.0975. The molecule has 7 N–H and O–H groups in total. The van der Waals surface area contributed by atoms with Gasteiger partial charge in [0.25, 0.3) is 0 Å². The van der Waals surface area contributed by atoms with Gasteiger partial charge in [0.15, 0.2) is 0 Å². The van der Waals surface area contributed by atoms with E-state index in [2.05, 4.69) is 5.32 Å². The number of nitrogens with one attached hydrogen (secondary N) is 1. The van der Waals surface area contributed by atoms with E-state index < -0.39 is 18.3 Å². The number of phenolic OH excluding ortho intramolecular Hbond substituents is 3. The van der Waals surface area contributed by atoms with Crippen molar-refractivity contribution >= 4 is 0 Å². The van der Waals surface area contributed by atoms with Crippen LogP contribution >= 0.6 is 0 Å². The van der Waals surface area contributed by atoms with Crippen LogP contribution < -0.4 is 5.32 Å². The minimum atomic E-state index is -0.673. The molecule has 364 valence electrons. The molecule has 1 saturated carbocycles. The molecule has 0 spiro atoms. The van der Waals surface area contributed by atoms with Gasteiger partial charge in [-0.1, -0.05) is 88.8 Å². The Morgan fingerprint density at radius 2 is 0.906 bits per heavy atom. The number of ether oxygens (including phenoxy) is 5. The van der Waals surface area contributed by atoms with E-state index in [4.69, 9.17) is 28.8 Å². The first-order chi connectivity index (χ1) is 30.7. The Hall–Kier alpha value is -3.38. The number of likely N-dealkylation sites (N-methyl/N-ethyl adjacent to an activating group) is 2. The average molecular weight is 902 g/mol. The van der Waals surface area contributed by atoms with Gasteiger partial charge in [0, 0.05) is 57.9 Å². The first-order valence-electron chi connectivity index (χ1n) is 23.1. The molecular weight excluding hydrogens is 819 g/mol. The average Bonchev–Trinajstić information content (AvgIpc) is 3.27. The van der Waals surface area contributed by atoms with Gasteiger partial charge in [-0.05, 0) is 81.0 Å². The molecule has 4 rings (SSSR count). The molecule has 3 aromatic carbocycles. The van der Waals surface area contributed by atoms with Crippen LogP contribution in [0.1, 0.15) is 82.9 Å². The zero-order valence-corrected chi connectivity index (χ0v) is 39.7. The van der Waals surface area contributed by atoms with Crippen molar-refractivity contribution in [1.29, 1.82) is 0 Å². The third kappa shape index (κ3) is 29.2. The fraction of sp³-hybridized carbons (Fsp3) is 0.640. The Morgan fingerprint density at radius 3 is 1.36 bits per heavy atom. The highest BCUT2D eigenvalue weighted by molar-refractivity contribution is 5.27. The van der Waals surface area contributed by atoms with Crippen LogP contribution in [-0.2, 0) is 43.3 Å². The predicted molar refractivity (Wildman–Crippen MR) is 253 cm³/mol. The Kier molecular flexibility index (Phi) is 30.2. The van der Waals surface area contributed by atoms with Crippen molar-refractivity contribution in [2.75, 3.05) is 93.2 Å². The van der Waals surface area contributed by atoms with Crippen LogP contribution in [0.4, 0.5) is 0 Å². The molecule has 0 aliphatic heterocycles. The summed E-state index contributed by atoms with van der Waals surface area (Å²) in [5.74, 6) is 0.731. The summed E-state index contributed by atoms with van der Waals surface area (Å²) in [4.78, 5) is 4.01. The van der Waals surface area contributed by atoms with Gasteiger partial charge in [0.05, 0.1) is 64.6 Å². The highest BCUT2D eigenvalue weighted by Gasteiger charge is 2.22. The Labute approximate surface area is 384 Å². The molecule has 3 aromatic rings. The molecule has 0 saturated heterocycles. The van der Waals surface area contributed by atoms with E-state index in [0.717, 1.165) is 16.7 Å². The first kappa shape index (κ1) is 56.7. The summed E-state index contributed by atoms with van der Waals surface area (Å²) < 4.78 is 28.4. The fourth-order valence-electron chi connectivity index (χ4n) is 6.77. The summed E-state index contributed by atoms with van der Waals surface area (Å²) >= 11 is 0. The molecule has 1 aliphatic rings. The lowest BCUT2D eigenvalue weighted by Gasteiger charge is -2.27. The van der Waals surface area contributed by atoms with E-state index in [1.54, 1.807) is 36.4 Å². The largest absolute Gasteiger partial charge is 0.508 e. The van der Waals surface area contributed by atoms with Crippen LogP contribution in [0.5, 0.6) is 17.2 Å². The summed E-state index contributed by atoms with van der Waals surface area (Å²) in [7, 11) is 3.86. The van der Waals surface area contributed by atoms with E-state index in [1.165, 1.54) is 38.5 Å². The van der Waals surface area contributed by atoms with Crippen molar-refractivity contribution in [2.45, 2.75) is 110 Å². The number of hydrogen-bond acceptors (Lipinski definition) is 14. The highest BCUT2D eigenvalue weighted by Crippen LogP contribution is 2.18. The van der Waals surface area contributed by atoms with E-state index in [0.29, 0.717) is 85.5 Å². The molecule has 1 aliphatic carbocycles. The van der Waals surface area contributed by atoms with Crippen LogP contribution in [0, 0.1) is 5.41 Å². The van der Waals surface area contributed by atoms with Crippen LogP contribution in [0.3, 0.4) is 0 Å². The van der Waals surface area contributed by atoms with Crippen molar-refractivity contribution in [3.8, 4) is 17.2 Å². The van der Waals surface area contributed by atoms with Crippen LogP contribution in [0.15, 0.2) is 72.8 Å². The van der Waals surface area contributed by atoms with Crippen LogP contribution in [0.25, 0.3) is 0 Å². The van der Waals surface area contributed by atoms with Crippen molar-refractivity contribution < 1.29 is 54.3 Å². The van der Waals surface area contributed by atoms with Crippen molar-refractivity contribution in [2.24, 2.45) is 5.41 Å². The van der Waals surface area contributed by atoms with Crippen LogP contribution in [-0.4, -0.2) is 158 Å². The summed E-state index contributed by atoms with van der Waals surface area (Å²) in [6, 6.07) is 21.0. The van der Waals surface area contributed by atoms with Gasteiger partial charge in [-0.3, -0.25) is 9.80 Å². The number of aliphatic hydroxyl groups excluding tert-OH is 3. The smallest absolute Gasteiger partial charge is 0.115 e. The van der Waals surface area contributed by atoms with Gasteiger partial charge in [-0.15, -0.1) is 0 Å². The summed E-state index contributed by atoms with van der Waals surface area (Å²) in [5.41, 5.74) is 2.90. The SMILES string of the molecule is C1CCCCC1.CCOCC(COCC(C)(C)COCC(O)CN(C)Cc1ccc(O)cc1)OCC(O)CN(C)Cc1ccc(O)cc1.CCOCC(O)CNCc1ccc(O)cc1. The number of hydrogen-bond donors (Lipinski definition) is 7. The molecule has 4 unspecified atom stereocenters. The third-order valence-corrected chi connectivity index (χ3v) is 10.1. The minimum Gasteiger partial charge on any atom is -0.508 e. The van der Waals surface area contributed by atoms with Crippen molar-refractivity contribution in [3.05, 3.63) is 89.5 Å². The van der Waals surface area contributed by atoms with Gasteiger partial charge in [-0.2, -0.15) is 0 Å². The maximum atomic E-state index is 10.5. The van der Waals surface area contributed by atoms with E-state index in [9.17, 15) is 25.5 Å². The zero-order chi connectivity index (χ0) is 47.0. The molecule has 0 aromatic heterocycles. The van der Waals surface area contributed by atoms with E-state index in [1.807, 2.05) is 88.0 Å². The van der Waals surface area contributed by atoms with Gasteiger partial charge in [0.2, 0.25) is 0 Å². The standard InChI is InChI=1S/C32H52N2O8.C12H19NO3.C6H12/c1-6-39-21-31(42-20-30(38)18-34(5)16-26-9-13-28(36)14-10-26)22-41-24-32(2,3)23-40-19-29(37)17-33(4)15-25-7-11-27(35)12-8-25;1-2-16-9-12(15)8-13-7-10-3-5-11(14)6-4-10;1-2-4-6-5-3-1/h7-14,29-31,35-38H,6,15-24H2,1-5H3;3-6,12-15H,2,7-9H2,1H3;1-6H2. The van der Waals surface area contributed by atoms with Gasteiger partial charge >= 0.3 is 0 Å². The highest BCUT2D eigenvalue weighted by atomic mass is 16.6. The van der Waals surface area contributed by atoms with E-state index in [-0.39, 0.29) is 42.0 Å². The normalized spacial score (nSPS) is 14.9. The number of benzene rings is 3. The van der Waals surface area contributed by atoms with Crippen LogP contribution in [0.2, 0.25) is 0 Å². The maximum absolute atomic E-state index is 10.5. The second-order valence-electron chi connectivity index (χ2n) is 17.6. The Balaban J connectivity index is 0.000000518. The molecule has 1 fully saturated rings. The summed E-state index contributed by atoms with van der Waals surface area (Å²) in [6.45, 7) is 14.8. The number of nitrogens with zero attached hydrogens (tertiary/aromatic N) is 2. The molecule has 0 amide bonds. The first-order valence-corrected chi connectivity index (χ1v) is 23.1. The molecular formula is C50H83N3O11. The molecule has 0 bridgehead atoms. The fourth-order valence-corrected chi connectivity index (χ4v) is 6.77. The van der Waals surface area contributed by atoms with Crippen molar-refractivity contribution in [1.82, 2.24) is 15.1 Å². The number of aliphatic hydroxyl groups is 3. The topological polar surface area (TPSA) is 186 Å². The lowest BCUT2D eigenvalue weighted by Crippen LogP contribution is -2.36. The molecule has 4 atom stereocenters. The predicted octanol–water partition coefficient (Wildman–Crippen LogP) is 6.08. The quantitative estimate of drug-likeness (QED) is 0.0425. The molecule has 0 heterocycles. The minimum absolute atomic E-state index is 0.159. The summed E-state index contributed by atoms with van der Waals surface area (Å²) in [6.07, 6.45) is 6.91. The molecule has 14 heteroatoms. The Bertz CT molecular complexity index is 1530. The maximum Gasteiger partial charge on any atom is 0.115 e. The van der Waals surface area contributed by atoms with Gasteiger partial charge < -0.3 is 59.6 Å².